The molecule has 0 spiro atoms. The van der Waals surface area contributed by atoms with Gasteiger partial charge in [-0.3, -0.25) is 0 Å². The van der Waals surface area contributed by atoms with Gasteiger partial charge in [0.25, 0.3) is 0 Å². The standard InChI is InChI=1S/C17H21NO2/c1-12-8-16(20-17(12)10-18)11-19-15-7-6-13-4-2-3-5-14(13)9-15/h6-9H,2-5,10-11,18H2,1H3. The first-order valence-corrected chi connectivity index (χ1v) is 7.29. The SMILES string of the molecule is Cc1cc(COc2ccc3c(c2)CCCC3)oc1CN. The van der Waals surface area contributed by atoms with Gasteiger partial charge in [-0.2, -0.15) is 0 Å². The molecule has 0 amide bonds. The predicted octanol–water partition coefficient (Wildman–Crippen LogP) is 3.50. The van der Waals surface area contributed by atoms with Crippen molar-refractivity contribution in [3.8, 4) is 5.75 Å². The Morgan fingerprint density at radius 1 is 1.15 bits per heavy atom. The van der Waals surface area contributed by atoms with Crippen LogP contribution in [-0.4, -0.2) is 0 Å². The monoisotopic (exact) mass is 271 g/mol. The van der Waals surface area contributed by atoms with Crippen LogP contribution in [0.1, 0.15) is 41.1 Å². The molecule has 0 atom stereocenters. The molecule has 0 aliphatic heterocycles. The molecule has 0 radical (unpaired) electrons. The molecule has 1 aliphatic rings. The Kier molecular flexibility index (Phi) is 3.79. The van der Waals surface area contributed by atoms with Crippen molar-refractivity contribution in [2.45, 2.75) is 45.8 Å². The van der Waals surface area contributed by atoms with E-state index in [1.807, 2.05) is 13.0 Å². The second-order valence-corrected chi connectivity index (χ2v) is 5.45. The molecule has 1 aliphatic carbocycles. The van der Waals surface area contributed by atoms with Gasteiger partial charge < -0.3 is 14.9 Å². The number of nitrogens with two attached hydrogens (primary N) is 1. The number of benzene rings is 1. The molecule has 20 heavy (non-hydrogen) atoms. The summed E-state index contributed by atoms with van der Waals surface area (Å²) in [7, 11) is 0. The minimum atomic E-state index is 0.435. The Morgan fingerprint density at radius 2 is 1.95 bits per heavy atom. The first kappa shape index (κ1) is 13.3. The van der Waals surface area contributed by atoms with Crippen LogP contribution < -0.4 is 10.5 Å². The summed E-state index contributed by atoms with van der Waals surface area (Å²) in [5, 5.41) is 0. The molecule has 2 N–H and O–H groups in total. The van der Waals surface area contributed by atoms with E-state index in [2.05, 4.69) is 18.2 Å². The van der Waals surface area contributed by atoms with Crippen LogP contribution in [0.4, 0.5) is 0 Å². The van der Waals surface area contributed by atoms with Crippen molar-refractivity contribution < 1.29 is 9.15 Å². The van der Waals surface area contributed by atoms with Crippen molar-refractivity contribution in [1.82, 2.24) is 0 Å². The number of ether oxygens (including phenoxy) is 1. The third-order valence-corrected chi connectivity index (χ3v) is 3.96. The Hall–Kier alpha value is -1.74. The fourth-order valence-corrected chi connectivity index (χ4v) is 2.82. The number of hydrogen-bond acceptors (Lipinski definition) is 3. The highest BCUT2D eigenvalue weighted by molar-refractivity contribution is 5.37. The van der Waals surface area contributed by atoms with E-state index in [9.17, 15) is 0 Å². The minimum absolute atomic E-state index is 0.435. The van der Waals surface area contributed by atoms with E-state index in [0.29, 0.717) is 13.2 Å². The van der Waals surface area contributed by atoms with Gasteiger partial charge in [0.15, 0.2) is 0 Å². The maximum atomic E-state index is 5.84. The first-order chi connectivity index (χ1) is 9.76. The predicted molar refractivity (Wildman–Crippen MR) is 78.8 cm³/mol. The van der Waals surface area contributed by atoms with Crippen molar-refractivity contribution in [2.24, 2.45) is 5.73 Å². The highest BCUT2D eigenvalue weighted by atomic mass is 16.5. The maximum Gasteiger partial charge on any atom is 0.146 e. The third kappa shape index (κ3) is 2.73. The van der Waals surface area contributed by atoms with Crippen LogP contribution in [-0.2, 0) is 26.0 Å². The van der Waals surface area contributed by atoms with E-state index >= 15 is 0 Å². The van der Waals surface area contributed by atoms with E-state index in [4.69, 9.17) is 14.9 Å². The van der Waals surface area contributed by atoms with Crippen LogP contribution in [0.3, 0.4) is 0 Å². The number of rotatable bonds is 4. The summed E-state index contributed by atoms with van der Waals surface area (Å²) < 4.78 is 11.5. The summed E-state index contributed by atoms with van der Waals surface area (Å²) in [5.41, 5.74) is 9.62. The summed E-state index contributed by atoms with van der Waals surface area (Å²) in [6.45, 7) is 2.90. The van der Waals surface area contributed by atoms with Gasteiger partial charge in [0, 0.05) is 0 Å². The second-order valence-electron chi connectivity index (χ2n) is 5.45. The van der Waals surface area contributed by atoms with Crippen LogP contribution in [0.2, 0.25) is 0 Å². The second kappa shape index (κ2) is 5.71. The fourth-order valence-electron chi connectivity index (χ4n) is 2.82. The largest absolute Gasteiger partial charge is 0.486 e. The molecule has 106 valence electrons. The summed E-state index contributed by atoms with van der Waals surface area (Å²) in [6.07, 6.45) is 4.96. The molecule has 1 aromatic heterocycles. The van der Waals surface area contributed by atoms with Crippen LogP contribution >= 0.6 is 0 Å². The highest BCUT2D eigenvalue weighted by Crippen LogP contribution is 2.26. The molecule has 3 heteroatoms. The molecule has 0 saturated carbocycles. The summed E-state index contributed by atoms with van der Waals surface area (Å²) in [4.78, 5) is 0. The van der Waals surface area contributed by atoms with Crippen LogP contribution in [0.25, 0.3) is 0 Å². The lowest BCUT2D eigenvalue weighted by Crippen LogP contribution is -2.03. The quantitative estimate of drug-likeness (QED) is 0.925. The van der Waals surface area contributed by atoms with Gasteiger partial charge >= 0.3 is 0 Å². The maximum absolute atomic E-state index is 5.84. The number of fused-ring (bicyclic) bond motifs is 1. The Morgan fingerprint density at radius 3 is 2.70 bits per heavy atom. The van der Waals surface area contributed by atoms with Gasteiger partial charge in [-0.15, -0.1) is 0 Å². The normalized spacial score (nSPS) is 14.1. The lowest BCUT2D eigenvalue weighted by atomic mass is 9.92. The Labute approximate surface area is 119 Å². The van der Waals surface area contributed by atoms with Gasteiger partial charge in [-0.25, -0.2) is 0 Å². The van der Waals surface area contributed by atoms with Gasteiger partial charge in [-0.1, -0.05) is 6.07 Å². The molecular weight excluding hydrogens is 250 g/mol. The minimum Gasteiger partial charge on any atom is -0.486 e. The number of aryl methyl sites for hydroxylation is 3. The van der Waals surface area contributed by atoms with Crippen LogP contribution in [0, 0.1) is 6.92 Å². The van der Waals surface area contributed by atoms with E-state index in [-0.39, 0.29) is 0 Å². The molecule has 0 bridgehead atoms. The molecular formula is C17H21NO2. The lowest BCUT2D eigenvalue weighted by molar-refractivity contribution is 0.265. The summed E-state index contributed by atoms with van der Waals surface area (Å²) in [6, 6.07) is 8.43. The number of furan rings is 1. The zero-order valence-electron chi connectivity index (χ0n) is 11.9. The fraction of sp³-hybridized carbons (Fsp3) is 0.412. The van der Waals surface area contributed by atoms with Crippen molar-refractivity contribution >= 4 is 0 Å². The summed E-state index contributed by atoms with van der Waals surface area (Å²) in [5.74, 6) is 2.60. The molecule has 0 fully saturated rings. The zero-order chi connectivity index (χ0) is 13.9. The Balaban J connectivity index is 1.68. The average Bonchev–Trinajstić information content (AvgIpc) is 2.85. The molecule has 1 aromatic carbocycles. The highest BCUT2D eigenvalue weighted by Gasteiger charge is 2.11. The topological polar surface area (TPSA) is 48.4 Å². The van der Waals surface area contributed by atoms with Gasteiger partial charge in [0.05, 0.1) is 6.54 Å². The van der Waals surface area contributed by atoms with Crippen LogP contribution in [0.15, 0.2) is 28.7 Å². The van der Waals surface area contributed by atoms with E-state index in [1.54, 1.807) is 0 Å². The molecule has 0 saturated heterocycles. The van der Waals surface area contributed by atoms with E-state index < -0.39 is 0 Å². The van der Waals surface area contributed by atoms with Crippen molar-refractivity contribution in [3.63, 3.8) is 0 Å². The van der Waals surface area contributed by atoms with Gasteiger partial charge in [0.1, 0.15) is 23.9 Å². The molecule has 1 heterocycles. The van der Waals surface area contributed by atoms with Gasteiger partial charge in [-0.05, 0) is 67.5 Å². The number of hydrogen-bond donors (Lipinski definition) is 1. The Bertz CT molecular complexity index is 601. The third-order valence-electron chi connectivity index (χ3n) is 3.96. The zero-order valence-corrected chi connectivity index (χ0v) is 11.9. The molecule has 3 nitrogen and oxygen atoms in total. The molecule has 2 aromatic rings. The van der Waals surface area contributed by atoms with Crippen molar-refractivity contribution in [1.29, 1.82) is 0 Å². The smallest absolute Gasteiger partial charge is 0.146 e. The molecule has 0 unspecified atom stereocenters. The summed E-state index contributed by atoms with van der Waals surface area (Å²) >= 11 is 0. The van der Waals surface area contributed by atoms with Crippen LogP contribution in [0.5, 0.6) is 5.75 Å². The van der Waals surface area contributed by atoms with Gasteiger partial charge in [0.2, 0.25) is 0 Å². The average molecular weight is 271 g/mol. The lowest BCUT2D eigenvalue weighted by Gasteiger charge is -2.16. The van der Waals surface area contributed by atoms with Crippen molar-refractivity contribution in [3.05, 3.63) is 52.5 Å². The van der Waals surface area contributed by atoms with E-state index in [1.165, 1.54) is 36.8 Å². The molecule has 3 rings (SSSR count). The van der Waals surface area contributed by atoms with Crippen molar-refractivity contribution in [2.75, 3.05) is 0 Å². The van der Waals surface area contributed by atoms with E-state index in [0.717, 1.165) is 22.8 Å². The first-order valence-electron chi connectivity index (χ1n) is 7.29.